The van der Waals surface area contributed by atoms with Crippen LogP contribution in [0.25, 0.3) is 0 Å². The predicted octanol–water partition coefficient (Wildman–Crippen LogP) is 6.84. The van der Waals surface area contributed by atoms with Crippen molar-refractivity contribution in [3.05, 3.63) is 11.6 Å². The number of carbonyl (C=O) groups is 1. The number of alkyl halides is 1. The predicted molar refractivity (Wildman–Crippen MR) is 146 cm³/mol. The maximum Gasteiger partial charge on any atom is 0.155 e. The average Bonchev–Trinajstić information content (AvgIpc) is 3.09. The normalized spacial score (nSPS) is 42.0. The highest BCUT2D eigenvalue weighted by molar-refractivity contribution is 6.17. The minimum Gasteiger partial charge on any atom is -0.390 e. The molecule has 0 heterocycles. The van der Waals surface area contributed by atoms with Gasteiger partial charge in [-0.1, -0.05) is 39.5 Å². The van der Waals surface area contributed by atoms with Crippen LogP contribution in [0.3, 0.4) is 0 Å². The molecule has 3 fully saturated rings. The molecule has 0 bridgehead atoms. The summed E-state index contributed by atoms with van der Waals surface area (Å²) in [6.07, 6.45) is 15.8. The zero-order chi connectivity index (χ0) is 26.0. The fourth-order valence-electron chi connectivity index (χ4n) is 8.85. The number of ether oxygens (including phenoxy) is 1. The van der Waals surface area contributed by atoms with E-state index in [2.05, 4.69) is 20.8 Å². The SMILES string of the molecule is C[C@]12CCC(=O)C=C1[C@H](O)[C@@H](CCCCCCCOCCCCCl)[C@@H]1[C@@H]2CC[C@@]2(C)[C@H]1CC[C@]2(C)O. The summed E-state index contributed by atoms with van der Waals surface area (Å²) in [6.45, 7) is 8.36. The number of halogens is 1. The van der Waals surface area contributed by atoms with E-state index in [0.29, 0.717) is 30.1 Å². The molecule has 4 aliphatic rings. The van der Waals surface area contributed by atoms with Crippen molar-refractivity contribution in [2.45, 2.75) is 122 Å². The summed E-state index contributed by atoms with van der Waals surface area (Å²) in [5.41, 5.74) is 0.264. The molecule has 5 heteroatoms. The van der Waals surface area contributed by atoms with E-state index in [4.69, 9.17) is 16.3 Å². The highest BCUT2D eigenvalue weighted by Crippen LogP contribution is 2.69. The molecule has 0 aliphatic heterocycles. The topological polar surface area (TPSA) is 66.8 Å². The van der Waals surface area contributed by atoms with Crippen molar-refractivity contribution in [3.63, 3.8) is 0 Å². The molecule has 8 atom stereocenters. The molecule has 0 saturated heterocycles. The fraction of sp³-hybridized carbons (Fsp3) is 0.903. The van der Waals surface area contributed by atoms with Gasteiger partial charge >= 0.3 is 0 Å². The summed E-state index contributed by atoms with van der Waals surface area (Å²) >= 11 is 5.71. The van der Waals surface area contributed by atoms with Gasteiger partial charge in [-0.05, 0) is 111 Å². The summed E-state index contributed by atoms with van der Waals surface area (Å²) in [5.74, 6) is 2.50. The molecule has 0 aromatic heterocycles. The molecule has 36 heavy (non-hydrogen) atoms. The Bertz CT molecular complexity index is 793. The first-order valence-electron chi connectivity index (χ1n) is 14.9. The molecule has 0 radical (unpaired) electrons. The Labute approximate surface area is 224 Å². The quantitative estimate of drug-likeness (QED) is 0.217. The first kappa shape index (κ1) is 28.6. The van der Waals surface area contributed by atoms with Gasteiger partial charge in [-0.25, -0.2) is 0 Å². The number of rotatable bonds is 12. The Morgan fingerprint density at radius 2 is 1.61 bits per heavy atom. The van der Waals surface area contributed by atoms with Gasteiger partial charge < -0.3 is 14.9 Å². The third kappa shape index (κ3) is 5.36. The largest absolute Gasteiger partial charge is 0.390 e. The Kier molecular flexibility index (Phi) is 9.34. The van der Waals surface area contributed by atoms with E-state index in [1.807, 2.05) is 6.08 Å². The molecule has 2 N–H and O–H groups in total. The minimum atomic E-state index is -0.621. The summed E-state index contributed by atoms with van der Waals surface area (Å²) in [4.78, 5) is 12.4. The smallest absolute Gasteiger partial charge is 0.155 e. The van der Waals surface area contributed by atoms with Crippen LogP contribution in [0, 0.1) is 34.5 Å². The number of carbonyl (C=O) groups excluding carboxylic acids is 1. The van der Waals surface area contributed by atoms with Crippen LogP contribution in [-0.2, 0) is 9.53 Å². The third-order valence-corrected chi connectivity index (χ3v) is 11.6. The second kappa shape index (κ2) is 11.8. The molecule has 4 rings (SSSR count). The maximum atomic E-state index is 12.4. The van der Waals surface area contributed by atoms with Crippen molar-refractivity contribution in [3.8, 4) is 0 Å². The molecule has 3 saturated carbocycles. The van der Waals surface area contributed by atoms with Gasteiger partial charge in [0.05, 0.1) is 11.7 Å². The van der Waals surface area contributed by atoms with Gasteiger partial charge in [-0.15, -0.1) is 11.6 Å². The lowest BCUT2D eigenvalue weighted by Gasteiger charge is -2.62. The first-order chi connectivity index (χ1) is 17.2. The van der Waals surface area contributed by atoms with Crippen molar-refractivity contribution in [1.29, 1.82) is 0 Å². The Morgan fingerprint density at radius 3 is 2.36 bits per heavy atom. The van der Waals surface area contributed by atoms with Gasteiger partial charge in [0.25, 0.3) is 0 Å². The maximum absolute atomic E-state index is 12.4. The lowest BCUT2D eigenvalue weighted by Crippen LogP contribution is -2.59. The fourth-order valence-corrected chi connectivity index (χ4v) is 9.04. The van der Waals surface area contributed by atoms with E-state index in [1.165, 1.54) is 19.3 Å². The Morgan fingerprint density at radius 1 is 0.944 bits per heavy atom. The molecule has 0 amide bonds. The number of aliphatic hydroxyl groups excluding tert-OH is 1. The lowest BCUT2D eigenvalue weighted by atomic mass is 9.43. The van der Waals surface area contributed by atoms with Crippen LogP contribution in [0.15, 0.2) is 11.6 Å². The molecule has 0 aromatic rings. The summed E-state index contributed by atoms with van der Waals surface area (Å²) in [6, 6.07) is 0. The lowest BCUT2D eigenvalue weighted by molar-refractivity contribution is -0.152. The monoisotopic (exact) mass is 522 g/mol. The number of unbranched alkanes of at least 4 members (excludes halogenated alkanes) is 5. The van der Waals surface area contributed by atoms with Gasteiger partial charge in [0.15, 0.2) is 5.78 Å². The van der Waals surface area contributed by atoms with Crippen molar-refractivity contribution in [2.75, 3.05) is 19.1 Å². The van der Waals surface area contributed by atoms with Crippen LogP contribution in [0.1, 0.15) is 111 Å². The van der Waals surface area contributed by atoms with Crippen molar-refractivity contribution >= 4 is 17.4 Å². The van der Waals surface area contributed by atoms with Crippen LogP contribution >= 0.6 is 11.6 Å². The summed E-state index contributed by atoms with van der Waals surface area (Å²) in [7, 11) is 0. The molecule has 0 aromatic carbocycles. The van der Waals surface area contributed by atoms with Crippen LogP contribution in [0.4, 0.5) is 0 Å². The number of fused-ring (bicyclic) bond motifs is 5. The zero-order valence-electron chi connectivity index (χ0n) is 23.1. The average molecular weight is 523 g/mol. The van der Waals surface area contributed by atoms with E-state index in [-0.39, 0.29) is 22.5 Å². The van der Waals surface area contributed by atoms with E-state index >= 15 is 0 Å². The number of hydrogen-bond acceptors (Lipinski definition) is 4. The second-order valence-corrected chi connectivity index (χ2v) is 13.6. The van der Waals surface area contributed by atoms with E-state index in [9.17, 15) is 15.0 Å². The van der Waals surface area contributed by atoms with E-state index < -0.39 is 11.7 Å². The van der Waals surface area contributed by atoms with Gasteiger partial charge in [-0.2, -0.15) is 0 Å². The molecule has 0 unspecified atom stereocenters. The van der Waals surface area contributed by atoms with Crippen LogP contribution in [0.5, 0.6) is 0 Å². The van der Waals surface area contributed by atoms with Gasteiger partial charge in [0.2, 0.25) is 0 Å². The van der Waals surface area contributed by atoms with E-state index in [0.717, 1.165) is 83.0 Å². The van der Waals surface area contributed by atoms with Crippen LogP contribution in [-0.4, -0.2) is 46.8 Å². The van der Waals surface area contributed by atoms with Crippen LogP contribution in [0.2, 0.25) is 0 Å². The van der Waals surface area contributed by atoms with Crippen molar-refractivity contribution in [2.24, 2.45) is 34.5 Å². The minimum absolute atomic E-state index is 0.0715. The standard InChI is InChI=1S/C31H51ClO4/c1-29-15-12-22(33)21-26(29)28(34)23(11-7-5-4-6-9-19-36-20-10-8-18-32)27-24(29)13-16-30(2)25(27)14-17-31(30,3)35/h21,23-25,27-28,34-35H,4-20H2,1-3H3/t23-,24-,25-,27+,28+,29+,30-,31-/m0/s1. The van der Waals surface area contributed by atoms with Crippen molar-refractivity contribution in [1.82, 2.24) is 0 Å². The second-order valence-electron chi connectivity index (χ2n) is 13.2. The Hall–Kier alpha value is -0.420. The molecule has 206 valence electrons. The van der Waals surface area contributed by atoms with Gasteiger partial charge in [-0.3, -0.25) is 4.79 Å². The molecular formula is C31H51ClO4. The number of aliphatic hydroxyl groups is 2. The summed E-state index contributed by atoms with van der Waals surface area (Å²) < 4.78 is 5.70. The van der Waals surface area contributed by atoms with Crippen LogP contribution < -0.4 is 0 Å². The Balaban J connectivity index is 1.39. The first-order valence-corrected chi connectivity index (χ1v) is 15.5. The molecule has 0 spiro atoms. The highest BCUT2D eigenvalue weighted by Gasteiger charge is 2.65. The molecular weight excluding hydrogens is 472 g/mol. The summed E-state index contributed by atoms with van der Waals surface area (Å²) in [5, 5.41) is 23.1. The highest BCUT2D eigenvalue weighted by atomic mass is 35.5. The van der Waals surface area contributed by atoms with Crippen molar-refractivity contribution < 1.29 is 19.7 Å². The van der Waals surface area contributed by atoms with Gasteiger partial charge in [0, 0.05) is 25.5 Å². The van der Waals surface area contributed by atoms with Gasteiger partial charge in [0.1, 0.15) is 0 Å². The molecule has 4 nitrogen and oxygen atoms in total. The molecule has 4 aliphatic carbocycles. The number of ketones is 1. The zero-order valence-corrected chi connectivity index (χ0v) is 23.8. The van der Waals surface area contributed by atoms with E-state index in [1.54, 1.807) is 0 Å². The number of hydrogen-bond donors (Lipinski definition) is 2. The third-order valence-electron chi connectivity index (χ3n) is 11.3.